The molecule has 0 radical (unpaired) electrons. The molecule has 0 unspecified atom stereocenters. The molecule has 3 aromatic rings. The van der Waals surface area contributed by atoms with Crippen LogP contribution in [0.25, 0.3) is 0 Å². The summed E-state index contributed by atoms with van der Waals surface area (Å²) in [4.78, 5) is 16.7. The minimum absolute atomic E-state index is 0.122. The predicted molar refractivity (Wildman–Crippen MR) is 123 cm³/mol. The number of amides is 1. The number of hydrogen-bond donors (Lipinski definition) is 1. The Morgan fingerprint density at radius 3 is 2.13 bits per heavy atom. The molecule has 0 saturated carbocycles. The van der Waals surface area contributed by atoms with Gasteiger partial charge in [-0.25, -0.2) is 0 Å². The van der Waals surface area contributed by atoms with Crippen LogP contribution in [-0.4, -0.2) is 48.7 Å². The van der Waals surface area contributed by atoms with Gasteiger partial charge in [-0.1, -0.05) is 42.5 Å². The van der Waals surface area contributed by atoms with E-state index in [2.05, 4.69) is 53.4 Å². The SMILES string of the molecule is O=C(CCOc1ccc(O)cc1)N1CCN(c2ccc(Cc3ccccc3)cc2)CC1. The summed E-state index contributed by atoms with van der Waals surface area (Å²) in [5, 5.41) is 9.30. The number of hydrogen-bond acceptors (Lipinski definition) is 4. The fourth-order valence-electron chi connectivity index (χ4n) is 3.83. The van der Waals surface area contributed by atoms with Crippen molar-refractivity contribution in [1.29, 1.82) is 0 Å². The molecule has 31 heavy (non-hydrogen) atoms. The first-order valence-electron chi connectivity index (χ1n) is 10.7. The molecule has 0 aromatic heterocycles. The van der Waals surface area contributed by atoms with Crippen molar-refractivity contribution in [3.8, 4) is 11.5 Å². The van der Waals surface area contributed by atoms with Crippen LogP contribution in [0.4, 0.5) is 5.69 Å². The standard InChI is InChI=1S/C26H28N2O3/c29-24-10-12-25(13-11-24)31-19-14-26(30)28-17-15-27(16-18-28)23-8-6-22(7-9-23)20-21-4-2-1-3-5-21/h1-13,29H,14-20H2. The van der Waals surface area contributed by atoms with Gasteiger partial charge in [-0.2, -0.15) is 0 Å². The number of carbonyl (C=O) groups is 1. The van der Waals surface area contributed by atoms with Crippen molar-refractivity contribution in [1.82, 2.24) is 4.90 Å². The van der Waals surface area contributed by atoms with Crippen molar-refractivity contribution < 1.29 is 14.6 Å². The Bertz CT molecular complexity index is 964. The van der Waals surface area contributed by atoms with E-state index in [9.17, 15) is 9.90 Å². The molecule has 1 saturated heterocycles. The van der Waals surface area contributed by atoms with Crippen LogP contribution in [-0.2, 0) is 11.2 Å². The minimum Gasteiger partial charge on any atom is -0.508 e. The molecule has 0 spiro atoms. The molecule has 0 aliphatic carbocycles. The molecular formula is C26H28N2O3. The Labute approximate surface area is 183 Å². The number of phenols is 1. The lowest BCUT2D eigenvalue weighted by atomic mass is 10.0. The summed E-state index contributed by atoms with van der Waals surface area (Å²) in [6.07, 6.45) is 1.30. The monoisotopic (exact) mass is 416 g/mol. The van der Waals surface area contributed by atoms with Gasteiger partial charge in [0.15, 0.2) is 0 Å². The van der Waals surface area contributed by atoms with Gasteiger partial charge in [-0.15, -0.1) is 0 Å². The van der Waals surface area contributed by atoms with Gasteiger partial charge in [-0.05, 0) is 53.9 Å². The molecule has 1 fully saturated rings. The smallest absolute Gasteiger partial charge is 0.226 e. The van der Waals surface area contributed by atoms with Crippen LogP contribution in [0.15, 0.2) is 78.9 Å². The topological polar surface area (TPSA) is 53.0 Å². The highest BCUT2D eigenvalue weighted by Gasteiger charge is 2.21. The minimum atomic E-state index is 0.122. The van der Waals surface area contributed by atoms with E-state index in [4.69, 9.17) is 4.74 Å². The maximum Gasteiger partial charge on any atom is 0.226 e. The highest BCUT2D eigenvalue weighted by molar-refractivity contribution is 5.76. The van der Waals surface area contributed by atoms with E-state index in [0.717, 1.165) is 32.6 Å². The summed E-state index contributed by atoms with van der Waals surface area (Å²) in [7, 11) is 0. The van der Waals surface area contributed by atoms with Crippen LogP contribution < -0.4 is 9.64 Å². The summed E-state index contributed by atoms with van der Waals surface area (Å²) in [5.74, 6) is 0.981. The molecular weight excluding hydrogens is 388 g/mol. The number of carbonyl (C=O) groups excluding carboxylic acids is 1. The van der Waals surface area contributed by atoms with Gasteiger partial charge in [0.05, 0.1) is 13.0 Å². The number of phenolic OH excluding ortho intramolecular Hbond substituents is 1. The molecule has 3 aromatic carbocycles. The third-order valence-corrected chi connectivity index (χ3v) is 5.61. The third kappa shape index (κ3) is 5.79. The van der Waals surface area contributed by atoms with Crippen LogP contribution in [0.2, 0.25) is 0 Å². The lowest BCUT2D eigenvalue weighted by molar-refractivity contribution is -0.132. The second kappa shape index (κ2) is 10.0. The summed E-state index contributed by atoms with van der Waals surface area (Å²) in [6.45, 7) is 3.46. The van der Waals surface area contributed by atoms with Crippen molar-refractivity contribution in [2.24, 2.45) is 0 Å². The van der Waals surface area contributed by atoms with Crippen molar-refractivity contribution in [3.05, 3.63) is 90.0 Å². The molecule has 1 aliphatic heterocycles. The third-order valence-electron chi connectivity index (χ3n) is 5.61. The Kier molecular flexibility index (Phi) is 6.72. The maximum absolute atomic E-state index is 12.5. The second-order valence-corrected chi connectivity index (χ2v) is 7.79. The Balaban J connectivity index is 1.21. The van der Waals surface area contributed by atoms with E-state index >= 15 is 0 Å². The van der Waals surface area contributed by atoms with Gasteiger partial charge in [0.2, 0.25) is 5.91 Å². The number of anilines is 1. The van der Waals surface area contributed by atoms with Crippen LogP contribution >= 0.6 is 0 Å². The van der Waals surface area contributed by atoms with Crippen LogP contribution in [0.1, 0.15) is 17.5 Å². The highest BCUT2D eigenvalue weighted by atomic mass is 16.5. The first kappa shape index (κ1) is 20.8. The molecule has 160 valence electrons. The molecule has 5 heteroatoms. The quantitative estimate of drug-likeness (QED) is 0.630. The number of nitrogens with zero attached hydrogens (tertiary/aromatic N) is 2. The molecule has 1 amide bonds. The normalized spacial score (nSPS) is 13.8. The highest BCUT2D eigenvalue weighted by Crippen LogP contribution is 2.20. The summed E-state index contributed by atoms with van der Waals surface area (Å²) in [5.41, 5.74) is 3.83. The van der Waals surface area contributed by atoms with Crippen molar-refractivity contribution in [2.45, 2.75) is 12.8 Å². The number of piperazine rings is 1. The van der Waals surface area contributed by atoms with Crippen molar-refractivity contribution in [3.63, 3.8) is 0 Å². The molecule has 0 bridgehead atoms. The molecule has 1 heterocycles. The first-order valence-corrected chi connectivity index (χ1v) is 10.7. The van der Waals surface area contributed by atoms with Crippen LogP contribution in [0.5, 0.6) is 11.5 Å². The van der Waals surface area contributed by atoms with Crippen molar-refractivity contribution in [2.75, 3.05) is 37.7 Å². The predicted octanol–water partition coefficient (Wildman–Crippen LogP) is 4.10. The van der Waals surface area contributed by atoms with E-state index in [0.29, 0.717) is 18.8 Å². The van der Waals surface area contributed by atoms with Crippen LogP contribution in [0.3, 0.4) is 0 Å². The van der Waals surface area contributed by atoms with E-state index < -0.39 is 0 Å². The Hall–Kier alpha value is -3.47. The van der Waals surface area contributed by atoms with Crippen molar-refractivity contribution >= 4 is 11.6 Å². The van der Waals surface area contributed by atoms with E-state index in [-0.39, 0.29) is 11.7 Å². The van der Waals surface area contributed by atoms with Gasteiger partial charge >= 0.3 is 0 Å². The summed E-state index contributed by atoms with van der Waals surface area (Å²) >= 11 is 0. The van der Waals surface area contributed by atoms with Gasteiger partial charge in [0.1, 0.15) is 11.5 Å². The fraction of sp³-hybridized carbons (Fsp3) is 0.269. The van der Waals surface area contributed by atoms with Gasteiger partial charge in [0, 0.05) is 31.9 Å². The largest absolute Gasteiger partial charge is 0.508 e. The summed E-state index contributed by atoms with van der Waals surface area (Å²) < 4.78 is 5.60. The molecule has 0 atom stereocenters. The maximum atomic E-state index is 12.5. The number of rotatable bonds is 7. The van der Waals surface area contributed by atoms with Gasteiger partial charge < -0.3 is 19.6 Å². The number of ether oxygens (including phenoxy) is 1. The average molecular weight is 417 g/mol. The van der Waals surface area contributed by atoms with E-state index in [1.165, 1.54) is 16.8 Å². The molecule has 4 rings (SSSR count). The number of aromatic hydroxyl groups is 1. The average Bonchev–Trinajstić information content (AvgIpc) is 2.82. The fourth-order valence-corrected chi connectivity index (χ4v) is 3.83. The van der Waals surface area contributed by atoms with Gasteiger partial charge in [-0.3, -0.25) is 4.79 Å². The first-order chi connectivity index (χ1) is 15.2. The second-order valence-electron chi connectivity index (χ2n) is 7.79. The zero-order chi connectivity index (χ0) is 21.5. The Morgan fingerprint density at radius 2 is 1.45 bits per heavy atom. The van der Waals surface area contributed by atoms with Crippen LogP contribution in [0, 0.1) is 0 Å². The zero-order valence-corrected chi connectivity index (χ0v) is 17.6. The lowest BCUT2D eigenvalue weighted by Crippen LogP contribution is -2.49. The zero-order valence-electron chi connectivity index (χ0n) is 17.6. The van der Waals surface area contributed by atoms with E-state index in [1.54, 1.807) is 24.3 Å². The van der Waals surface area contributed by atoms with E-state index in [1.807, 2.05) is 11.0 Å². The summed E-state index contributed by atoms with van der Waals surface area (Å²) in [6, 6.07) is 25.8. The molecule has 1 aliphatic rings. The molecule has 5 nitrogen and oxygen atoms in total. The van der Waals surface area contributed by atoms with Gasteiger partial charge in [0.25, 0.3) is 0 Å². The molecule has 1 N–H and O–H groups in total. The number of benzene rings is 3. The lowest BCUT2D eigenvalue weighted by Gasteiger charge is -2.36. The Morgan fingerprint density at radius 1 is 0.806 bits per heavy atom.